The monoisotopic (exact) mass is 394 g/mol. The summed E-state index contributed by atoms with van der Waals surface area (Å²) in [6.45, 7) is 2.52. The van der Waals surface area contributed by atoms with Crippen molar-refractivity contribution in [3.63, 3.8) is 0 Å². The zero-order chi connectivity index (χ0) is 15.2. The van der Waals surface area contributed by atoms with Crippen LogP contribution in [0.2, 0.25) is 0 Å². The lowest BCUT2D eigenvalue weighted by molar-refractivity contribution is -0.130. The molecule has 1 N–H and O–H groups in total. The number of carbonyl (C=O) groups is 1. The lowest BCUT2D eigenvalue weighted by atomic mass is 10.2. The number of hydrogen-bond donors (Lipinski definition) is 1. The van der Waals surface area contributed by atoms with Crippen LogP contribution in [0.5, 0.6) is 0 Å². The SMILES string of the molecule is C[C@H](Nc1cccc(I)c1)C(=O)N(C)Cc1ccccc1. The zero-order valence-corrected chi connectivity index (χ0v) is 14.4. The van der Waals surface area contributed by atoms with E-state index < -0.39 is 0 Å². The molecular formula is C17H19IN2O. The number of carbonyl (C=O) groups excluding carboxylic acids is 1. The maximum absolute atomic E-state index is 12.4. The number of nitrogens with one attached hydrogen (secondary N) is 1. The summed E-state index contributed by atoms with van der Waals surface area (Å²) in [5.74, 6) is 0.0812. The number of anilines is 1. The summed E-state index contributed by atoms with van der Waals surface area (Å²) in [6, 6.07) is 17.8. The molecule has 0 aliphatic heterocycles. The maximum atomic E-state index is 12.4. The molecule has 0 bridgehead atoms. The molecule has 0 spiro atoms. The Morgan fingerprint density at radius 2 is 1.90 bits per heavy atom. The summed E-state index contributed by atoms with van der Waals surface area (Å²) >= 11 is 2.26. The number of hydrogen-bond acceptors (Lipinski definition) is 2. The highest BCUT2D eigenvalue weighted by atomic mass is 127. The molecule has 0 aliphatic carbocycles. The summed E-state index contributed by atoms with van der Waals surface area (Å²) < 4.78 is 1.15. The van der Waals surface area contributed by atoms with Crippen molar-refractivity contribution >= 4 is 34.2 Å². The van der Waals surface area contributed by atoms with Crippen molar-refractivity contribution in [2.45, 2.75) is 19.5 Å². The lowest BCUT2D eigenvalue weighted by Gasteiger charge is -2.23. The van der Waals surface area contributed by atoms with Gasteiger partial charge in [0.15, 0.2) is 0 Å². The van der Waals surface area contributed by atoms with Gasteiger partial charge in [-0.05, 0) is 53.3 Å². The van der Waals surface area contributed by atoms with E-state index in [2.05, 4.69) is 27.9 Å². The normalized spacial score (nSPS) is 11.8. The van der Waals surface area contributed by atoms with Crippen LogP contribution in [-0.4, -0.2) is 23.9 Å². The predicted octanol–water partition coefficient (Wildman–Crippen LogP) is 3.75. The molecule has 21 heavy (non-hydrogen) atoms. The maximum Gasteiger partial charge on any atom is 0.244 e. The first-order valence-electron chi connectivity index (χ1n) is 6.87. The van der Waals surface area contributed by atoms with E-state index in [4.69, 9.17) is 0 Å². The van der Waals surface area contributed by atoms with Crippen LogP contribution in [0.25, 0.3) is 0 Å². The molecule has 0 unspecified atom stereocenters. The molecule has 110 valence electrons. The molecule has 3 nitrogen and oxygen atoms in total. The van der Waals surface area contributed by atoms with Crippen LogP contribution in [-0.2, 0) is 11.3 Å². The van der Waals surface area contributed by atoms with Gasteiger partial charge in [0.1, 0.15) is 6.04 Å². The highest BCUT2D eigenvalue weighted by Crippen LogP contribution is 2.14. The quantitative estimate of drug-likeness (QED) is 0.784. The number of amides is 1. The van der Waals surface area contributed by atoms with Crippen molar-refractivity contribution in [1.82, 2.24) is 4.90 Å². The Morgan fingerprint density at radius 3 is 2.57 bits per heavy atom. The largest absolute Gasteiger partial charge is 0.374 e. The van der Waals surface area contributed by atoms with Gasteiger partial charge in [0.05, 0.1) is 0 Å². The summed E-state index contributed by atoms with van der Waals surface area (Å²) in [4.78, 5) is 14.1. The van der Waals surface area contributed by atoms with Gasteiger partial charge in [0, 0.05) is 22.8 Å². The van der Waals surface area contributed by atoms with Crippen molar-refractivity contribution < 1.29 is 4.79 Å². The van der Waals surface area contributed by atoms with E-state index in [9.17, 15) is 4.79 Å². The van der Waals surface area contributed by atoms with Crippen LogP contribution < -0.4 is 5.32 Å². The molecule has 0 aromatic heterocycles. The molecule has 2 aromatic carbocycles. The summed E-state index contributed by atoms with van der Waals surface area (Å²) in [5.41, 5.74) is 2.10. The molecule has 1 amide bonds. The minimum atomic E-state index is -0.253. The highest BCUT2D eigenvalue weighted by Gasteiger charge is 2.17. The molecule has 2 aromatic rings. The van der Waals surface area contributed by atoms with Crippen LogP contribution in [0.3, 0.4) is 0 Å². The molecule has 0 saturated carbocycles. The van der Waals surface area contributed by atoms with Crippen LogP contribution in [0.4, 0.5) is 5.69 Å². The van der Waals surface area contributed by atoms with Gasteiger partial charge >= 0.3 is 0 Å². The van der Waals surface area contributed by atoms with Gasteiger partial charge in [-0.3, -0.25) is 4.79 Å². The van der Waals surface area contributed by atoms with Gasteiger partial charge < -0.3 is 10.2 Å². The Balaban J connectivity index is 1.95. The van der Waals surface area contributed by atoms with Crippen LogP contribution >= 0.6 is 22.6 Å². The van der Waals surface area contributed by atoms with Crippen molar-refractivity contribution in [1.29, 1.82) is 0 Å². The first-order valence-corrected chi connectivity index (χ1v) is 7.95. The Labute approximate surface area is 139 Å². The van der Waals surface area contributed by atoms with Gasteiger partial charge in [0.2, 0.25) is 5.91 Å². The first kappa shape index (κ1) is 15.8. The zero-order valence-electron chi connectivity index (χ0n) is 12.2. The minimum Gasteiger partial charge on any atom is -0.374 e. The second-order valence-corrected chi connectivity index (χ2v) is 6.30. The van der Waals surface area contributed by atoms with Crippen LogP contribution in [0.15, 0.2) is 54.6 Å². The number of rotatable bonds is 5. The summed E-state index contributed by atoms with van der Waals surface area (Å²) in [7, 11) is 1.84. The fourth-order valence-corrected chi connectivity index (χ4v) is 2.70. The van der Waals surface area contributed by atoms with E-state index in [1.54, 1.807) is 4.90 Å². The molecule has 0 fully saturated rings. The molecule has 1 atom stereocenters. The van der Waals surface area contributed by atoms with E-state index in [1.165, 1.54) is 0 Å². The van der Waals surface area contributed by atoms with E-state index in [0.717, 1.165) is 14.8 Å². The predicted molar refractivity (Wildman–Crippen MR) is 95.2 cm³/mol. The molecule has 0 aliphatic rings. The fourth-order valence-electron chi connectivity index (χ4n) is 2.16. The van der Waals surface area contributed by atoms with Gasteiger partial charge in [0.25, 0.3) is 0 Å². The second kappa shape index (κ2) is 7.45. The van der Waals surface area contributed by atoms with Gasteiger partial charge in [-0.1, -0.05) is 36.4 Å². The van der Waals surface area contributed by atoms with Crippen LogP contribution in [0.1, 0.15) is 12.5 Å². The molecule has 0 radical (unpaired) electrons. The Kier molecular flexibility index (Phi) is 5.61. The first-order chi connectivity index (χ1) is 10.1. The number of likely N-dealkylation sites (N-methyl/N-ethyl adjacent to an activating group) is 1. The van der Waals surface area contributed by atoms with Gasteiger partial charge in [-0.15, -0.1) is 0 Å². The summed E-state index contributed by atoms with van der Waals surface area (Å²) in [5, 5.41) is 3.25. The fraction of sp³-hybridized carbons (Fsp3) is 0.235. The van der Waals surface area contributed by atoms with Gasteiger partial charge in [-0.2, -0.15) is 0 Å². The van der Waals surface area contributed by atoms with Crippen molar-refractivity contribution in [3.05, 3.63) is 63.7 Å². The van der Waals surface area contributed by atoms with Crippen molar-refractivity contribution in [2.24, 2.45) is 0 Å². The minimum absolute atomic E-state index is 0.0812. The third-order valence-corrected chi connectivity index (χ3v) is 3.89. The summed E-state index contributed by atoms with van der Waals surface area (Å²) in [6.07, 6.45) is 0. The molecule has 0 saturated heterocycles. The van der Waals surface area contributed by atoms with E-state index in [1.807, 2.05) is 68.6 Å². The molecule has 4 heteroatoms. The van der Waals surface area contributed by atoms with E-state index in [0.29, 0.717) is 6.54 Å². The smallest absolute Gasteiger partial charge is 0.244 e. The number of nitrogens with zero attached hydrogens (tertiary/aromatic N) is 1. The van der Waals surface area contributed by atoms with E-state index >= 15 is 0 Å². The highest BCUT2D eigenvalue weighted by molar-refractivity contribution is 14.1. The lowest BCUT2D eigenvalue weighted by Crippen LogP contribution is -2.38. The average Bonchev–Trinajstić information content (AvgIpc) is 2.47. The molecular weight excluding hydrogens is 375 g/mol. The molecule has 2 rings (SSSR count). The number of benzene rings is 2. The van der Waals surface area contributed by atoms with Crippen molar-refractivity contribution in [2.75, 3.05) is 12.4 Å². The standard InChI is InChI=1S/C17H19IN2O/c1-13(19-16-10-6-9-15(18)11-16)17(21)20(2)12-14-7-4-3-5-8-14/h3-11,13,19H,12H2,1-2H3/t13-/m0/s1. The third-order valence-electron chi connectivity index (χ3n) is 3.22. The molecule has 0 heterocycles. The second-order valence-electron chi connectivity index (χ2n) is 5.06. The van der Waals surface area contributed by atoms with Crippen molar-refractivity contribution in [3.8, 4) is 0 Å². The average molecular weight is 394 g/mol. The Bertz CT molecular complexity index is 601. The van der Waals surface area contributed by atoms with E-state index in [-0.39, 0.29) is 11.9 Å². The van der Waals surface area contributed by atoms with Crippen LogP contribution in [0, 0.1) is 3.57 Å². The topological polar surface area (TPSA) is 32.3 Å². The Hall–Kier alpha value is -1.56. The Morgan fingerprint density at radius 1 is 1.19 bits per heavy atom. The number of halogens is 1. The third kappa shape index (κ3) is 4.74. The van der Waals surface area contributed by atoms with Gasteiger partial charge in [-0.25, -0.2) is 0 Å².